The zero-order valence-corrected chi connectivity index (χ0v) is 12.7. The summed E-state index contributed by atoms with van der Waals surface area (Å²) in [5.41, 5.74) is 0.302. The van der Waals surface area contributed by atoms with Crippen molar-refractivity contribution in [2.75, 3.05) is 6.61 Å². The van der Waals surface area contributed by atoms with Gasteiger partial charge in [-0.15, -0.1) is 0 Å². The molecule has 0 heterocycles. The van der Waals surface area contributed by atoms with Crippen LogP contribution in [-0.2, 0) is 0 Å². The largest absolute Gasteiger partial charge is 0.396 e. The van der Waals surface area contributed by atoms with E-state index < -0.39 is 0 Å². The summed E-state index contributed by atoms with van der Waals surface area (Å²) in [6.45, 7) is 4.98. The SMILES string of the molecule is CCCCCCC1(CO)CCC(CCCC)CC1. The molecule has 0 saturated heterocycles. The van der Waals surface area contributed by atoms with Crippen LogP contribution in [0.4, 0.5) is 0 Å². The highest BCUT2D eigenvalue weighted by atomic mass is 16.3. The van der Waals surface area contributed by atoms with Crippen molar-refractivity contribution in [2.45, 2.75) is 90.9 Å². The summed E-state index contributed by atoms with van der Waals surface area (Å²) in [6, 6.07) is 0. The second-order valence-corrected chi connectivity index (χ2v) is 6.55. The lowest BCUT2D eigenvalue weighted by molar-refractivity contribution is 0.0515. The summed E-state index contributed by atoms with van der Waals surface area (Å²) in [4.78, 5) is 0. The van der Waals surface area contributed by atoms with E-state index in [-0.39, 0.29) is 0 Å². The van der Waals surface area contributed by atoms with Crippen molar-refractivity contribution in [3.8, 4) is 0 Å². The quantitative estimate of drug-likeness (QED) is 0.552. The zero-order valence-electron chi connectivity index (χ0n) is 12.7. The van der Waals surface area contributed by atoms with Crippen LogP contribution >= 0.6 is 0 Å². The lowest BCUT2D eigenvalue weighted by atomic mass is 9.67. The van der Waals surface area contributed by atoms with Gasteiger partial charge in [-0.2, -0.15) is 0 Å². The van der Waals surface area contributed by atoms with Crippen molar-refractivity contribution in [1.82, 2.24) is 0 Å². The van der Waals surface area contributed by atoms with E-state index in [2.05, 4.69) is 13.8 Å². The van der Waals surface area contributed by atoms with Crippen molar-refractivity contribution >= 4 is 0 Å². The van der Waals surface area contributed by atoms with Crippen molar-refractivity contribution in [2.24, 2.45) is 11.3 Å². The molecule has 1 N–H and O–H groups in total. The second kappa shape index (κ2) is 8.96. The van der Waals surface area contributed by atoms with Gasteiger partial charge in [0.1, 0.15) is 0 Å². The van der Waals surface area contributed by atoms with Gasteiger partial charge in [0.15, 0.2) is 0 Å². The van der Waals surface area contributed by atoms with Crippen LogP contribution in [0.5, 0.6) is 0 Å². The molecule has 1 fully saturated rings. The smallest absolute Gasteiger partial charge is 0.0487 e. The molecule has 0 aromatic heterocycles. The van der Waals surface area contributed by atoms with Crippen LogP contribution in [0.1, 0.15) is 90.9 Å². The molecule has 0 aromatic carbocycles. The second-order valence-electron chi connectivity index (χ2n) is 6.55. The van der Waals surface area contributed by atoms with E-state index >= 15 is 0 Å². The molecule has 0 unspecified atom stereocenters. The minimum Gasteiger partial charge on any atom is -0.396 e. The van der Waals surface area contributed by atoms with Crippen LogP contribution in [-0.4, -0.2) is 11.7 Å². The minimum absolute atomic E-state index is 0.302. The molecule has 0 bridgehead atoms. The van der Waals surface area contributed by atoms with E-state index in [0.717, 1.165) is 5.92 Å². The molecule has 0 aliphatic heterocycles. The van der Waals surface area contributed by atoms with Crippen molar-refractivity contribution in [3.05, 3.63) is 0 Å². The molecule has 0 aromatic rings. The van der Waals surface area contributed by atoms with Gasteiger partial charge >= 0.3 is 0 Å². The van der Waals surface area contributed by atoms with Crippen LogP contribution in [0.25, 0.3) is 0 Å². The Morgan fingerprint density at radius 2 is 1.61 bits per heavy atom. The van der Waals surface area contributed by atoms with E-state index in [9.17, 15) is 5.11 Å². The van der Waals surface area contributed by atoms with Crippen molar-refractivity contribution < 1.29 is 5.11 Å². The Kier molecular flexibility index (Phi) is 7.97. The van der Waals surface area contributed by atoms with Gasteiger partial charge in [0.25, 0.3) is 0 Å². The van der Waals surface area contributed by atoms with Crippen LogP contribution in [0, 0.1) is 11.3 Å². The van der Waals surface area contributed by atoms with Gasteiger partial charge in [0.2, 0.25) is 0 Å². The summed E-state index contributed by atoms with van der Waals surface area (Å²) in [7, 11) is 0. The highest BCUT2D eigenvalue weighted by Gasteiger charge is 2.33. The highest BCUT2D eigenvalue weighted by Crippen LogP contribution is 2.43. The predicted molar refractivity (Wildman–Crippen MR) is 79.8 cm³/mol. The standard InChI is InChI=1S/C17H34O/c1-3-5-7-8-12-17(15-18)13-10-16(11-14-17)9-6-4-2/h16,18H,3-15H2,1-2H3. The molecule has 1 aliphatic rings. The minimum atomic E-state index is 0.302. The Bertz CT molecular complexity index is 192. The molecule has 1 aliphatic carbocycles. The van der Waals surface area contributed by atoms with Crippen LogP contribution < -0.4 is 0 Å². The van der Waals surface area contributed by atoms with Gasteiger partial charge in [-0.25, -0.2) is 0 Å². The normalized spacial score (nSPS) is 28.5. The lowest BCUT2D eigenvalue weighted by Crippen LogP contribution is -2.31. The molecule has 1 nitrogen and oxygen atoms in total. The van der Waals surface area contributed by atoms with E-state index in [4.69, 9.17) is 0 Å². The van der Waals surface area contributed by atoms with Gasteiger partial charge in [-0.3, -0.25) is 0 Å². The number of aliphatic hydroxyl groups is 1. The first-order valence-corrected chi connectivity index (χ1v) is 8.37. The lowest BCUT2D eigenvalue weighted by Gasteiger charge is -2.39. The Hall–Kier alpha value is -0.0400. The molecule has 18 heavy (non-hydrogen) atoms. The summed E-state index contributed by atoms with van der Waals surface area (Å²) in [5.74, 6) is 0.959. The topological polar surface area (TPSA) is 20.2 Å². The Labute approximate surface area is 114 Å². The molecule has 0 radical (unpaired) electrons. The average molecular weight is 254 g/mol. The number of hydrogen-bond acceptors (Lipinski definition) is 1. The maximum Gasteiger partial charge on any atom is 0.0487 e. The van der Waals surface area contributed by atoms with Gasteiger partial charge in [0, 0.05) is 6.61 Å². The zero-order chi connectivity index (χ0) is 13.3. The molecular weight excluding hydrogens is 220 g/mol. The number of hydrogen-bond donors (Lipinski definition) is 1. The van der Waals surface area contributed by atoms with E-state index in [1.54, 1.807) is 0 Å². The summed E-state index contributed by atoms with van der Waals surface area (Å²) in [5, 5.41) is 9.76. The van der Waals surface area contributed by atoms with Crippen molar-refractivity contribution in [3.63, 3.8) is 0 Å². The maximum absolute atomic E-state index is 9.76. The van der Waals surface area contributed by atoms with Gasteiger partial charge in [-0.1, -0.05) is 58.8 Å². The molecule has 0 spiro atoms. The maximum atomic E-state index is 9.76. The summed E-state index contributed by atoms with van der Waals surface area (Å²) < 4.78 is 0. The molecular formula is C17H34O. The Morgan fingerprint density at radius 3 is 2.17 bits per heavy atom. The van der Waals surface area contributed by atoms with Crippen LogP contribution in [0.3, 0.4) is 0 Å². The Morgan fingerprint density at radius 1 is 0.944 bits per heavy atom. The first-order valence-electron chi connectivity index (χ1n) is 8.37. The number of unbranched alkanes of at least 4 members (excludes halogenated alkanes) is 4. The molecule has 108 valence electrons. The fourth-order valence-corrected chi connectivity index (χ4v) is 3.49. The average Bonchev–Trinajstić information content (AvgIpc) is 2.43. The summed E-state index contributed by atoms with van der Waals surface area (Å²) >= 11 is 0. The highest BCUT2D eigenvalue weighted by molar-refractivity contribution is 4.85. The monoisotopic (exact) mass is 254 g/mol. The van der Waals surface area contributed by atoms with E-state index in [1.165, 1.54) is 77.0 Å². The van der Waals surface area contributed by atoms with Gasteiger partial charge in [-0.05, 0) is 43.4 Å². The van der Waals surface area contributed by atoms with E-state index in [0.29, 0.717) is 12.0 Å². The molecule has 1 saturated carbocycles. The van der Waals surface area contributed by atoms with Crippen LogP contribution in [0.15, 0.2) is 0 Å². The fraction of sp³-hybridized carbons (Fsp3) is 1.00. The third kappa shape index (κ3) is 5.30. The first-order chi connectivity index (χ1) is 8.76. The van der Waals surface area contributed by atoms with Crippen LogP contribution in [0.2, 0.25) is 0 Å². The molecule has 1 heteroatoms. The Balaban J connectivity index is 2.26. The summed E-state index contributed by atoms with van der Waals surface area (Å²) in [6.07, 6.45) is 16.1. The molecule has 1 rings (SSSR count). The predicted octanol–water partition coefficient (Wildman–Crippen LogP) is 5.32. The number of rotatable bonds is 9. The van der Waals surface area contributed by atoms with E-state index in [1.807, 2.05) is 0 Å². The third-order valence-electron chi connectivity index (χ3n) is 5.03. The van der Waals surface area contributed by atoms with Gasteiger partial charge in [0.05, 0.1) is 0 Å². The fourth-order valence-electron chi connectivity index (χ4n) is 3.49. The number of aliphatic hydroxyl groups excluding tert-OH is 1. The van der Waals surface area contributed by atoms with Gasteiger partial charge < -0.3 is 5.11 Å². The molecule has 0 atom stereocenters. The third-order valence-corrected chi connectivity index (χ3v) is 5.03. The molecule has 0 amide bonds. The first kappa shape index (κ1) is 16.0. The van der Waals surface area contributed by atoms with Crippen molar-refractivity contribution in [1.29, 1.82) is 0 Å².